The van der Waals surface area contributed by atoms with Crippen LogP contribution in [-0.2, 0) is 4.79 Å². The molecule has 0 spiro atoms. The molecule has 1 atom stereocenters. The number of Topliss-reactive ketones (excluding diaryl/α,β-unsaturated/α-hetero) is 1. The minimum Gasteiger partial charge on any atom is -0.488 e. The molecule has 2 nitrogen and oxygen atoms in total. The zero-order valence-electron chi connectivity index (χ0n) is 8.71. The minimum atomic E-state index is -0.392. The van der Waals surface area contributed by atoms with E-state index in [9.17, 15) is 9.18 Å². The Balaban J connectivity index is 2.05. The Morgan fingerprint density at radius 2 is 2.25 bits per heavy atom. The quantitative estimate of drug-likeness (QED) is 0.795. The van der Waals surface area contributed by atoms with Crippen LogP contribution in [-0.4, -0.2) is 11.9 Å². The third kappa shape index (κ3) is 2.73. The molecular formula is C12H12ClFO2. The lowest BCUT2D eigenvalue weighted by Gasteiger charge is -2.22. The molecule has 16 heavy (non-hydrogen) atoms. The molecule has 1 fully saturated rings. The summed E-state index contributed by atoms with van der Waals surface area (Å²) in [7, 11) is 0. The Hall–Kier alpha value is -1.09. The fourth-order valence-electron chi connectivity index (χ4n) is 1.84. The van der Waals surface area contributed by atoms with E-state index in [4.69, 9.17) is 16.3 Å². The van der Waals surface area contributed by atoms with Crippen LogP contribution in [0.25, 0.3) is 0 Å². The average Bonchev–Trinajstić information content (AvgIpc) is 2.22. The van der Waals surface area contributed by atoms with E-state index >= 15 is 0 Å². The number of rotatable bonds is 2. The Bertz CT molecular complexity index is 406. The molecule has 0 bridgehead atoms. The molecule has 1 aliphatic rings. The molecule has 0 heterocycles. The topological polar surface area (TPSA) is 26.3 Å². The second kappa shape index (κ2) is 4.83. The molecule has 1 saturated carbocycles. The maximum Gasteiger partial charge on any atom is 0.138 e. The Labute approximate surface area is 98.4 Å². The number of hydrogen-bond acceptors (Lipinski definition) is 2. The van der Waals surface area contributed by atoms with Gasteiger partial charge >= 0.3 is 0 Å². The molecule has 1 aromatic rings. The van der Waals surface area contributed by atoms with E-state index in [0.717, 1.165) is 12.8 Å². The largest absolute Gasteiger partial charge is 0.488 e. The van der Waals surface area contributed by atoms with Crippen molar-refractivity contribution in [3.05, 3.63) is 29.0 Å². The van der Waals surface area contributed by atoms with Crippen LogP contribution in [0.4, 0.5) is 4.39 Å². The van der Waals surface area contributed by atoms with Gasteiger partial charge in [-0.25, -0.2) is 4.39 Å². The number of halogens is 2. The van der Waals surface area contributed by atoms with Crippen LogP contribution in [0.2, 0.25) is 5.02 Å². The van der Waals surface area contributed by atoms with Crippen molar-refractivity contribution in [2.45, 2.75) is 31.8 Å². The van der Waals surface area contributed by atoms with Gasteiger partial charge in [0.2, 0.25) is 0 Å². The van der Waals surface area contributed by atoms with E-state index < -0.39 is 5.82 Å². The maximum absolute atomic E-state index is 12.8. The Morgan fingerprint density at radius 1 is 1.44 bits per heavy atom. The highest BCUT2D eigenvalue weighted by Gasteiger charge is 2.21. The summed E-state index contributed by atoms with van der Waals surface area (Å²) < 4.78 is 18.4. The summed E-state index contributed by atoms with van der Waals surface area (Å²) in [6.45, 7) is 0. The van der Waals surface area contributed by atoms with Gasteiger partial charge in [0.05, 0.1) is 5.02 Å². The smallest absolute Gasteiger partial charge is 0.138 e. The van der Waals surface area contributed by atoms with Crippen molar-refractivity contribution < 1.29 is 13.9 Å². The van der Waals surface area contributed by atoms with Gasteiger partial charge in [0.25, 0.3) is 0 Å². The summed E-state index contributed by atoms with van der Waals surface area (Å²) in [5, 5.41) is 0.248. The van der Waals surface area contributed by atoms with Gasteiger partial charge in [0.1, 0.15) is 23.5 Å². The molecule has 0 amide bonds. The lowest BCUT2D eigenvalue weighted by Crippen LogP contribution is -2.25. The highest BCUT2D eigenvalue weighted by Crippen LogP contribution is 2.28. The molecule has 0 aliphatic heterocycles. The van der Waals surface area contributed by atoms with Crippen LogP contribution in [0.1, 0.15) is 25.7 Å². The molecule has 1 aromatic carbocycles. The van der Waals surface area contributed by atoms with Crippen LogP contribution in [0.5, 0.6) is 5.75 Å². The summed E-state index contributed by atoms with van der Waals surface area (Å²) in [4.78, 5) is 11.2. The molecule has 0 N–H and O–H groups in total. The SMILES string of the molecule is O=C1CCCC(Oc2ccc(F)cc2Cl)C1. The number of hydrogen-bond donors (Lipinski definition) is 0. The van der Waals surface area contributed by atoms with E-state index in [1.807, 2.05) is 0 Å². The lowest BCUT2D eigenvalue weighted by atomic mass is 9.96. The summed E-state index contributed by atoms with van der Waals surface area (Å²) in [5.74, 6) is 0.273. The third-order valence-electron chi connectivity index (χ3n) is 2.62. The van der Waals surface area contributed by atoms with Crippen molar-refractivity contribution in [1.82, 2.24) is 0 Å². The fourth-order valence-corrected chi connectivity index (χ4v) is 2.05. The maximum atomic E-state index is 12.8. The molecule has 0 aromatic heterocycles. The Morgan fingerprint density at radius 3 is 2.94 bits per heavy atom. The van der Waals surface area contributed by atoms with Crippen molar-refractivity contribution in [1.29, 1.82) is 0 Å². The van der Waals surface area contributed by atoms with Crippen LogP contribution in [0.3, 0.4) is 0 Å². The second-order valence-corrected chi connectivity index (χ2v) is 4.36. The molecule has 4 heteroatoms. The first-order valence-corrected chi connectivity index (χ1v) is 5.66. The summed E-state index contributed by atoms with van der Waals surface area (Å²) in [5.41, 5.74) is 0. The van der Waals surface area contributed by atoms with Gasteiger partial charge in [-0.2, -0.15) is 0 Å². The predicted molar refractivity (Wildman–Crippen MR) is 59.3 cm³/mol. The van der Waals surface area contributed by atoms with Gasteiger partial charge in [-0.1, -0.05) is 11.6 Å². The highest BCUT2D eigenvalue weighted by atomic mass is 35.5. The van der Waals surface area contributed by atoms with Crippen LogP contribution in [0, 0.1) is 5.82 Å². The molecule has 0 radical (unpaired) electrons. The first-order chi connectivity index (χ1) is 7.65. The summed E-state index contributed by atoms with van der Waals surface area (Å²) >= 11 is 5.84. The predicted octanol–water partition coefficient (Wildman–Crippen LogP) is 3.37. The first kappa shape index (κ1) is 11.4. The number of ketones is 1. The van der Waals surface area contributed by atoms with Crippen molar-refractivity contribution >= 4 is 17.4 Å². The number of benzene rings is 1. The summed E-state index contributed by atoms with van der Waals surface area (Å²) in [6.07, 6.45) is 2.64. The van der Waals surface area contributed by atoms with Crippen molar-refractivity contribution in [3.8, 4) is 5.75 Å². The van der Waals surface area contributed by atoms with Crippen molar-refractivity contribution in [2.24, 2.45) is 0 Å². The van der Waals surface area contributed by atoms with Crippen LogP contribution in [0.15, 0.2) is 18.2 Å². The standard InChI is InChI=1S/C12H12ClFO2/c13-11-6-8(14)4-5-12(11)16-10-3-1-2-9(15)7-10/h4-6,10H,1-3,7H2. The van der Waals surface area contributed by atoms with Crippen molar-refractivity contribution in [2.75, 3.05) is 0 Å². The van der Waals surface area contributed by atoms with Crippen LogP contribution >= 0.6 is 11.6 Å². The molecule has 1 unspecified atom stereocenters. The van der Waals surface area contributed by atoms with E-state index in [-0.39, 0.29) is 16.9 Å². The monoisotopic (exact) mass is 242 g/mol. The molecule has 86 valence electrons. The zero-order valence-corrected chi connectivity index (χ0v) is 9.47. The molecule has 2 rings (SSSR count). The van der Waals surface area contributed by atoms with E-state index in [2.05, 4.69) is 0 Å². The van der Waals surface area contributed by atoms with E-state index in [1.54, 1.807) is 0 Å². The fraction of sp³-hybridized carbons (Fsp3) is 0.417. The normalized spacial score (nSPS) is 20.9. The second-order valence-electron chi connectivity index (χ2n) is 3.95. The van der Waals surface area contributed by atoms with Gasteiger partial charge in [0, 0.05) is 12.8 Å². The number of carbonyl (C=O) groups excluding carboxylic acids is 1. The average molecular weight is 243 g/mol. The van der Waals surface area contributed by atoms with E-state index in [1.165, 1.54) is 18.2 Å². The van der Waals surface area contributed by atoms with Gasteiger partial charge in [0.15, 0.2) is 0 Å². The molecule has 1 aliphatic carbocycles. The van der Waals surface area contributed by atoms with Gasteiger partial charge in [-0.15, -0.1) is 0 Å². The van der Waals surface area contributed by atoms with Gasteiger partial charge in [-0.3, -0.25) is 4.79 Å². The first-order valence-electron chi connectivity index (χ1n) is 5.28. The lowest BCUT2D eigenvalue weighted by molar-refractivity contribution is -0.122. The minimum absolute atomic E-state index is 0.121. The number of ether oxygens (including phenoxy) is 1. The van der Waals surface area contributed by atoms with Gasteiger partial charge < -0.3 is 4.74 Å². The van der Waals surface area contributed by atoms with Crippen molar-refractivity contribution in [3.63, 3.8) is 0 Å². The van der Waals surface area contributed by atoms with E-state index in [0.29, 0.717) is 18.6 Å². The highest BCUT2D eigenvalue weighted by molar-refractivity contribution is 6.32. The number of carbonyl (C=O) groups is 1. The molecule has 0 saturated heterocycles. The van der Waals surface area contributed by atoms with Gasteiger partial charge in [-0.05, 0) is 31.0 Å². The summed E-state index contributed by atoms with van der Waals surface area (Å²) in [6, 6.07) is 4.00. The Kier molecular flexibility index (Phi) is 3.44. The van der Waals surface area contributed by atoms with Crippen LogP contribution < -0.4 is 4.74 Å². The molecular weight excluding hydrogens is 231 g/mol. The third-order valence-corrected chi connectivity index (χ3v) is 2.92. The zero-order chi connectivity index (χ0) is 11.5.